The standard InChI is InChI=1S/C16H20BrN3O3/c1-3-19(4-2)16(23)18-8-5-9-20-14(21)12-7-6-11(17)10-13(12)15(20)22/h6-7,10H,3-5,8-9H2,1-2H3,(H,18,23). The summed E-state index contributed by atoms with van der Waals surface area (Å²) in [4.78, 5) is 39.2. The van der Waals surface area contributed by atoms with E-state index in [1.54, 1.807) is 23.1 Å². The van der Waals surface area contributed by atoms with E-state index in [0.29, 0.717) is 43.7 Å². The van der Waals surface area contributed by atoms with Crippen molar-refractivity contribution in [3.8, 4) is 0 Å². The molecule has 7 heteroatoms. The van der Waals surface area contributed by atoms with Gasteiger partial charge in [0.15, 0.2) is 0 Å². The lowest BCUT2D eigenvalue weighted by molar-refractivity contribution is 0.0653. The number of halogens is 1. The Kier molecular flexibility index (Phi) is 5.76. The van der Waals surface area contributed by atoms with Gasteiger partial charge < -0.3 is 10.2 Å². The van der Waals surface area contributed by atoms with Crippen molar-refractivity contribution in [3.05, 3.63) is 33.8 Å². The fraction of sp³-hybridized carbons (Fsp3) is 0.438. The monoisotopic (exact) mass is 381 g/mol. The summed E-state index contributed by atoms with van der Waals surface area (Å²) in [6, 6.07) is 4.94. The van der Waals surface area contributed by atoms with Crippen molar-refractivity contribution in [2.24, 2.45) is 0 Å². The zero-order chi connectivity index (χ0) is 17.0. The Morgan fingerprint density at radius 2 is 1.83 bits per heavy atom. The number of fused-ring (bicyclic) bond motifs is 1. The number of amides is 4. The van der Waals surface area contributed by atoms with E-state index >= 15 is 0 Å². The molecule has 1 aliphatic rings. The van der Waals surface area contributed by atoms with Crippen LogP contribution in [0.15, 0.2) is 22.7 Å². The minimum absolute atomic E-state index is 0.124. The van der Waals surface area contributed by atoms with Gasteiger partial charge in [0.25, 0.3) is 11.8 Å². The summed E-state index contributed by atoms with van der Waals surface area (Å²) >= 11 is 3.30. The summed E-state index contributed by atoms with van der Waals surface area (Å²) < 4.78 is 0.769. The van der Waals surface area contributed by atoms with E-state index < -0.39 is 0 Å². The summed E-state index contributed by atoms with van der Waals surface area (Å²) in [5.74, 6) is -0.547. The zero-order valence-corrected chi connectivity index (χ0v) is 14.9. The van der Waals surface area contributed by atoms with Gasteiger partial charge in [-0.2, -0.15) is 0 Å². The average molecular weight is 382 g/mol. The van der Waals surface area contributed by atoms with Crippen molar-refractivity contribution >= 4 is 33.8 Å². The van der Waals surface area contributed by atoms with Gasteiger partial charge in [0.1, 0.15) is 0 Å². The Bertz CT molecular complexity index is 629. The van der Waals surface area contributed by atoms with Crippen molar-refractivity contribution < 1.29 is 14.4 Å². The van der Waals surface area contributed by atoms with Gasteiger partial charge in [-0.25, -0.2) is 4.79 Å². The lowest BCUT2D eigenvalue weighted by Crippen LogP contribution is -2.41. The van der Waals surface area contributed by atoms with E-state index in [2.05, 4.69) is 21.2 Å². The van der Waals surface area contributed by atoms with Crippen molar-refractivity contribution in [2.45, 2.75) is 20.3 Å². The molecule has 0 fully saturated rings. The molecule has 1 aliphatic heterocycles. The molecule has 6 nitrogen and oxygen atoms in total. The maximum atomic E-state index is 12.3. The molecule has 1 N–H and O–H groups in total. The number of urea groups is 1. The topological polar surface area (TPSA) is 69.7 Å². The predicted molar refractivity (Wildman–Crippen MR) is 90.4 cm³/mol. The van der Waals surface area contributed by atoms with Crippen LogP contribution < -0.4 is 5.32 Å². The molecule has 23 heavy (non-hydrogen) atoms. The Labute approximate surface area is 143 Å². The lowest BCUT2D eigenvalue weighted by Gasteiger charge is -2.19. The maximum Gasteiger partial charge on any atom is 0.317 e. The van der Waals surface area contributed by atoms with Crippen LogP contribution in [0.25, 0.3) is 0 Å². The number of hydrogen-bond donors (Lipinski definition) is 1. The Hall–Kier alpha value is -1.89. The highest BCUT2D eigenvalue weighted by molar-refractivity contribution is 9.10. The molecule has 0 unspecified atom stereocenters. The third kappa shape index (κ3) is 3.72. The van der Waals surface area contributed by atoms with E-state index in [1.165, 1.54) is 4.90 Å². The second-order valence-electron chi connectivity index (χ2n) is 5.21. The molecule has 0 atom stereocenters. The van der Waals surface area contributed by atoms with Gasteiger partial charge in [-0.15, -0.1) is 0 Å². The van der Waals surface area contributed by atoms with Crippen molar-refractivity contribution in [1.29, 1.82) is 0 Å². The molecule has 0 aliphatic carbocycles. The van der Waals surface area contributed by atoms with Crippen LogP contribution in [0.1, 0.15) is 41.0 Å². The highest BCUT2D eigenvalue weighted by Gasteiger charge is 2.34. The number of nitrogens with one attached hydrogen (secondary N) is 1. The normalized spacial score (nSPS) is 13.3. The summed E-state index contributed by atoms with van der Waals surface area (Å²) in [6.45, 7) is 5.85. The molecule has 0 radical (unpaired) electrons. The highest BCUT2D eigenvalue weighted by atomic mass is 79.9. The second-order valence-corrected chi connectivity index (χ2v) is 6.13. The minimum Gasteiger partial charge on any atom is -0.338 e. The van der Waals surface area contributed by atoms with Crippen molar-refractivity contribution in [3.63, 3.8) is 0 Å². The number of carbonyl (C=O) groups is 3. The third-order valence-electron chi connectivity index (χ3n) is 3.82. The first kappa shape index (κ1) is 17.5. The lowest BCUT2D eigenvalue weighted by atomic mass is 10.1. The van der Waals surface area contributed by atoms with Crippen LogP contribution in [0.4, 0.5) is 4.79 Å². The molecular formula is C16H20BrN3O3. The summed E-state index contributed by atoms with van der Waals surface area (Å²) in [6.07, 6.45) is 0.527. The predicted octanol–water partition coefficient (Wildman–Crippen LogP) is 2.49. The number of rotatable bonds is 6. The van der Waals surface area contributed by atoms with Crippen LogP contribution >= 0.6 is 15.9 Å². The van der Waals surface area contributed by atoms with Gasteiger partial charge in [0, 0.05) is 30.7 Å². The average Bonchev–Trinajstić information content (AvgIpc) is 2.76. The largest absolute Gasteiger partial charge is 0.338 e. The highest BCUT2D eigenvalue weighted by Crippen LogP contribution is 2.25. The number of hydrogen-bond acceptors (Lipinski definition) is 3. The minimum atomic E-state index is -0.277. The Morgan fingerprint density at radius 1 is 1.17 bits per heavy atom. The second kappa shape index (κ2) is 7.59. The molecule has 0 saturated carbocycles. The van der Waals surface area contributed by atoms with Gasteiger partial charge in [0.05, 0.1) is 11.1 Å². The fourth-order valence-electron chi connectivity index (χ4n) is 2.52. The molecule has 0 spiro atoms. The molecule has 0 saturated heterocycles. The molecule has 1 aromatic carbocycles. The van der Waals surface area contributed by atoms with Gasteiger partial charge >= 0.3 is 6.03 Å². The van der Waals surface area contributed by atoms with Gasteiger partial charge in [-0.05, 0) is 38.5 Å². The van der Waals surface area contributed by atoms with E-state index in [4.69, 9.17) is 0 Å². The van der Waals surface area contributed by atoms with Crippen molar-refractivity contribution in [1.82, 2.24) is 15.1 Å². The van der Waals surface area contributed by atoms with Crippen LogP contribution in [0.5, 0.6) is 0 Å². The van der Waals surface area contributed by atoms with Crippen molar-refractivity contribution in [2.75, 3.05) is 26.2 Å². The Morgan fingerprint density at radius 3 is 2.48 bits per heavy atom. The molecule has 1 aromatic rings. The molecule has 0 aromatic heterocycles. The van der Waals surface area contributed by atoms with Crippen LogP contribution in [-0.2, 0) is 0 Å². The first-order valence-electron chi connectivity index (χ1n) is 7.68. The maximum absolute atomic E-state index is 12.3. The number of carbonyl (C=O) groups excluding carboxylic acids is 3. The molecule has 124 valence electrons. The quantitative estimate of drug-likeness (QED) is 0.607. The molecule has 0 bridgehead atoms. The fourth-order valence-corrected chi connectivity index (χ4v) is 2.88. The van der Waals surface area contributed by atoms with Crippen LogP contribution in [-0.4, -0.2) is 53.8 Å². The van der Waals surface area contributed by atoms with Gasteiger partial charge in [-0.1, -0.05) is 15.9 Å². The molecule has 4 amide bonds. The van der Waals surface area contributed by atoms with Gasteiger partial charge in [0.2, 0.25) is 0 Å². The summed E-state index contributed by atoms with van der Waals surface area (Å²) in [5.41, 5.74) is 0.863. The first-order valence-corrected chi connectivity index (χ1v) is 8.47. The zero-order valence-electron chi connectivity index (χ0n) is 13.3. The molecular weight excluding hydrogens is 362 g/mol. The number of benzene rings is 1. The molecule has 2 rings (SSSR count). The van der Waals surface area contributed by atoms with E-state index in [0.717, 1.165) is 4.47 Å². The third-order valence-corrected chi connectivity index (χ3v) is 4.31. The van der Waals surface area contributed by atoms with Gasteiger partial charge in [-0.3, -0.25) is 14.5 Å². The molecule has 1 heterocycles. The first-order chi connectivity index (χ1) is 11.0. The van der Waals surface area contributed by atoms with Crippen LogP contribution in [0.3, 0.4) is 0 Å². The SMILES string of the molecule is CCN(CC)C(=O)NCCCN1C(=O)c2ccc(Br)cc2C1=O. The Balaban J connectivity index is 1.87. The number of imide groups is 1. The van der Waals surface area contributed by atoms with Crippen LogP contribution in [0.2, 0.25) is 0 Å². The van der Waals surface area contributed by atoms with E-state index in [9.17, 15) is 14.4 Å². The number of nitrogens with zero attached hydrogens (tertiary/aromatic N) is 2. The summed E-state index contributed by atoms with van der Waals surface area (Å²) in [7, 11) is 0. The van der Waals surface area contributed by atoms with E-state index in [-0.39, 0.29) is 17.8 Å². The van der Waals surface area contributed by atoms with Crippen LogP contribution in [0, 0.1) is 0 Å². The smallest absolute Gasteiger partial charge is 0.317 e. The van der Waals surface area contributed by atoms with E-state index in [1.807, 2.05) is 13.8 Å². The summed E-state index contributed by atoms with van der Waals surface area (Å²) in [5, 5.41) is 2.80.